The van der Waals surface area contributed by atoms with E-state index < -0.39 is 11.9 Å². The smallest absolute Gasteiger partial charge is 0.341 e. The second-order valence-electron chi connectivity index (χ2n) is 5.45. The molecule has 0 amide bonds. The molecule has 0 fully saturated rings. The van der Waals surface area contributed by atoms with Crippen LogP contribution in [0.2, 0.25) is 0 Å². The van der Waals surface area contributed by atoms with Gasteiger partial charge in [-0.25, -0.2) is 9.59 Å². The summed E-state index contributed by atoms with van der Waals surface area (Å²) in [5.74, 6) is -0.971. The fraction of sp³-hybridized carbons (Fsp3) is 0.150. The highest BCUT2D eigenvalue weighted by atomic mass is 16.5. The molecule has 6 heteroatoms. The highest BCUT2D eigenvalue weighted by Gasteiger charge is 2.20. The number of anilines is 2. The van der Waals surface area contributed by atoms with Crippen molar-refractivity contribution in [1.82, 2.24) is 4.98 Å². The number of ether oxygens (including phenoxy) is 2. The first kappa shape index (κ1) is 17.4. The Labute approximate surface area is 150 Å². The standard InChI is InChI=1S/C20H18N2O4/c1-3-26-20(24)16-12-21-17-14(10-7-11-15(17)19(23)25-2)18(16)22-13-8-5-4-6-9-13/h4-12H,3H2,1-2H3,(H,21,22). The first-order valence-electron chi connectivity index (χ1n) is 8.15. The zero-order valence-electron chi connectivity index (χ0n) is 14.5. The molecule has 3 aromatic rings. The van der Waals surface area contributed by atoms with Gasteiger partial charge in [0.15, 0.2) is 0 Å². The molecule has 0 aliphatic carbocycles. The van der Waals surface area contributed by atoms with Crippen LogP contribution in [0, 0.1) is 0 Å². The Morgan fingerprint density at radius 1 is 1.00 bits per heavy atom. The molecule has 1 heterocycles. The number of carbonyl (C=O) groups is 2. The second-order valence-corrected chi connectivity index (χ2v) is 5.45. The van der Waals surface area contributed by atoms with Crippen LogP contribution in [0.4, 0.5) is 11.4 Å². The minimum atomic E-state index is -0.488. The van der Waals surface area contributed by atoms with Gasteiger partial charge < -0.3 is 14.8 Å². The number of hydrogen-bond acceptors (Lipinski definition) is 6. The van der Waals surface area contributed by atoms with E-state index in [0.29, 0.717) is 27.7 Å². The van der Waals surface area contributed by atoms with E-state index in [1.54, 1.807) is 25.1 Å². The molecule has 1 aromatic heterocycles. The van der Waals surface area contributed by atoms with E-state index in [0.717, 1.165) is 5.69 Å². The second kappa shape index (κ2) is 7.65. The number of nitrogens with one attached hydrogen (secondary N) is 1. The molecular formula is C20H18N2O4. The lowest BCUT2D eigenvalue weighted by Crippen LogP contribution is -2.10. The van der Waals surface area contributed by atoms with Crippen LogP contribution in [0.1, 0.15) is 27.6 Å². The Morgan fingerprint density at radius 2 is 1.77 bits per heavy atom. The average molecular weight is 350 g/mol. The lowest BCUT2D eigenvalue weighted by molar-refractivity contribution is 0.0526. The number of hydrogen-bond donors (Lipinski definition) is 1. The first-order chi connectivity index (χ1) is 12.7. The molecule has 2 aromatic carbocycles. The van der Waals surface area contributed by atoms with E-state index >= 15 is 0 Å². The average Bonchev–Trinajstić information content (AvgIpc) is 2.68. The Kier molecular flexibility index (Phi) is 5.12. The Balaban J connectivity index is 2.22. The normalized spacial score (nSPS) is 10.4. The summed E-state index contributed by atoms with van der Waals surface area (Å²) in [6.45, 7) is 2.00. The highest BCUT2D eigenvalue weighted by Crippen LogP contribution is 2.31. The summed E-state index contributed by atoms with van der Waals surface area (Å²) >= 11 is 0. The predicted octanol–water partition coefficient (Wildman–Crippen LogP) is 3.94. The number of methoxy groups -OCH3 is 1. The largest absolute Gasteiger partial charge is 0.465 e. The molecule has 0 aliphatic heterocycles. The van der Waals surface area contributed by atoms with Crippen LogP contribution in [0.3, 0.4) is 0 Å². The van der Waals surface area contributed by atoms with Gasteiger partial charge in [-0.1, -0.05) is 30.3 Å². The number of pyridine rings is 1. The number of esters is 2. The van der Waals surface area contributed by atoms with Gasteiger partial charge in [-0.15, -0.1) is 0 Å². The third-order valence-electron chi connectivity index (χ3n) is 3.84. The molecule has 0 radical (unpaired) electrons. The number of carbonyl (C=O) groups excluding carboxylic acids is 2. The van der Waals surface area contributed by atoms with E-state index in [9.17, 15) is 9.59 Å². The van der Waals surface area contributed by atoms with Crippen LogP contribution >= 0.6 is 0 Å². The lowest BCUT2D eigenvalue weighted by atomic mass is 10.0. The van der Waals surface area contributed by atoms with Crippen molar-refractivity contribution in [3.8, 4) is 0 Å². The van der Waals surface area contributed by atoms with Gasteiger partial charge in [-0.2, -0.15) is 0 Å². The van der Waals surface area contributed by atoms with Crippen LogP contribution in [-0.2, 0) is 9.47 Å². The number of rotatable bonds is 5. The maximum Gasteiger partial charge on any atom is 0.341 e. The fourth-order valence-corrected chi connectivity index (χ4v) is 2.66. The van der Waals surface area contributed by atoms with Crippen molar-refractivity contribution in [3.63, 3.8) is 0 Å². The van der Waals surface area contributed by atoms with Crippen molar-refractivity contribution in [2.45, 2.75) is 6.92 Å². The van der Waals surface area contributed by atoms with Crippen LogP contribution in [-0.4, -0.2) is 30.6 Å². The van der Waals surface area contributed by atoms with Gasteiger partial charge >= 0.3 is 11.9 Å². The lowest BCUT2D eigenvalue weighted by Gasteiger charge is -2.15. The quantitative estimate of drug-likeness (QED) is 0.702. The molecule has 0 aliphatic rings. The number of aromatic nitrogens is 1. The fourth-order valence-electron chi connectivity index (χ4n) is 2.66. The molecule has 132 valence electrons. The molecule has 0 saturated heterocycles. The van der Waals surface area contributed by atoms with Crippen molar-refractivity contribution in [1.29, 1.82) is 0 Å². The number of nitrogens with zero attached hydrogens (tertiary/aromatic N) is 1. The molecule has 1 N–H and O–H groups in total. The van der Waals surface area contributed by atoms with Crippen LogP contribution in [0.5, 0.6) is 0 Å². The molecule has 0 bridgehead atoms. The van der Waals surface area contributed by atoms with Crippen LogP contribution < -0.4 is 5.32 Å². The summed E-state index contributed by atoms with van der Waals surface area (Å²) in [5.41, 5.74) is 2.41. The van der Waals surface area contributed by atoms with Crippen LogP contribution in [0.25, 0.3) is 10.9 Å². The van der Waals surface area contributed by atoms with Gasteiger partial charge in [0.1, 0.15) is 5.56 Å². The maximum absolute atomic E-state index is 12.4. The summed E-state index contributed by atoms with van der Waals surface area (Å²) in [6.07, 6.45) is 1.41. The van der Waals surface area contributed by atoms with Crippen molar-refractivity contribution in [3.05, 3.63) is 65.9 Å². The van der Waals surface area contributed by atoms with E-state index in [4.69, 9.17) is 9.47 Å². The first-order valence-corrected chi connectivity index (χ1v) is 8.15. The summed E-state index contributed by atoms with van der Waals surface area (Å²) in [5, 5.41) is 3.87. The monoisotopic (exact) mass is 350 g/mol. The zero-order valence-corrected chi connectivity index (χ0v) is 14.5. The summed E-state index contributed by atoms with van der Waals surface area (Å²) in [4.78, 5) is 28.7. The van der Waals surface area contributed by atoms with E-state index in [2.05, 4.69) is 10.3 Å². The van der Waals surface area contributed by atoms with Crippen LogP contribution in [0.15, 0.2) is 54.7 Å². The SMILES string of the molecule is CCOC(=O)c1cnc2c(C(=O)OC)cccc2c1Nc1ccccc1. The van der Waals surface area contributed by atoms with E-state index in [1.807, 2.05) is 30.3 Å². The summed E-state index contributed by atoms with van der Waals surface area (Å²) in [7, 11) is 1.32. The molecule has 0 unspecified atom stereocenters. The summed E-state index contributed by atoms with van der Waals surface area (Å²) < 4.78 is 9.97. The van der Waals surface area contributed by atoms with Gasteiger partial charge in [0.25, 0.3) is 0 Å². The van der Waals surface area contributed by atoms with Crippen molar-refractivity contribution in [2.24, 2.45) is 0 Å². The zero-order chi connectivity index (χ0) is 18.5. The molecule has 0 saturated carbocycles. The van der Waals surface area contributed by atoms with Crippen molar-refractivity contribution in [2.75, 3.05) is 19.0 Å². The van der Waals surface area contributed by atoms with Gasteiger partial charge in [-0.3, -0.25) is 4.98 Å². The number of fused-ring (bicyclic) bond motifs is 1. The van der Waals surface area contributed by atoms with Gasteiger partial charge in [0, 0.05) is 17.3 Å². The van der Waals surface area contributed by atoms with Crippen molar-refractivity contribution < 1.29 is 19.1 Å². The van der Waals surface area contributed by atoms with Gasteiger partial charge in [0.05, 0.1) is 30.5 Å². The van der Waals surface area contributed by atoms with E-state index in [-0.39, 0.29) is 6.61 Å². The minimum absolute atomic E-state index is 0.254. The topological polar surface area (TPSA) is 77.5 Å². The minimum Gasteiger partial charge on any atom is -0.465 e. The molecule has 0 atom stereocenters. The molecule has 6 nitrogen and oxygen atoms in total. The molecule has 0 spiro atoms. The third kappa shape index (κ3) is 3.35. The highest BCUT2D eigenvalue weighted by molar-refractivity contribution is 6.11. The molecule has 3 rings (SSSR count). The van der Waals surface area contributed by atoms with Gasteiger partial charge in [0.2, 0.25) is 0 Å². The third-order valence-corrected chi connectivity index (χ3v) is 3.84. The Morgan fingerprint density at radius 3 is 2.46 bits per heavy atom. The number of benzene rings is 2. The maximum atomic E-state index is 12.4. The predicted molar refractivity (Wildman–Crippen MR) is 98.8 cm³/mol. The Bertz CT molecular complexity index is 955. The van der Waals surface area contributed by atoms with Crippen molar-refractivity contribution >= 4 is 34.2 Å². The molecular weight excluding hydrogens is 332 g/mol. The molecule has 26 heavy (non-hydrogen) atoms. The van der Waals surface area contributed by atoms with Gasteiger partial charge in [-0.05, 0) is 25.1 Å². The number of para-hydroxylation sites is 2. The summed E-state index contributed by atoms with van der Waals surface area (Å²) in [6, 6.07) is 14.6. The Hall–Kier alpha value is -3.41. The van der Waals surface area contributed by atoms with E-state index in [1.165, 1.54) is 13.3 Å².